The van der Waals surface area contributed by atoms with Gasteiger partial charge in [0.15, 0.2) is 29.3 Å². The molecule has 0 aliphatic carbocycles. The predicted octanol–water partition coefficient (Wildman–Crippen LogP) is 2.61. The van der Waals surface area contributed by atoms with Crippen LogP contribution in [0.5, 0.6) is 23.0 Å². The van der Waals surface area contributed by atoms with Crippen LogP contribution in [-0.2, 0) is 18.9 Å². The molecular weight excluding hydrogens is 472 g/mol. The molecule has 36 heavy (non-hydrogen) atoms. The van der Waals surface area contributed by atoms with Crippen LogP contribution in [0.3, 0.4) is 0 Å². The number of carbonyl (C=O) groups excluding carboxylic acids is 2. The summed E-state index contributed by atoms with van der Waals surface area (Å²) in [7, 11) is 0. The van der Waals surface area contributed by atoms with Gasteiger partial charge in [0.1, 0.15) is 32.7 Å². The van der Waals surface area contributed by atoms with Crippen molar-refractivity contribution in [1.82, 2.24) is 0 Å². The highest BCUT2D eigenvalue weighted by Gasteiger charge is 2.11. The van der Waals surface area contributed by atoms with E-state index in [0.29, 0.717) is 93.6 Å². The van der Waals surface area contributed by atoms with Crippen molar-refractivity contribution in [2.24, 2.45) is 0 Å². The average molecular weight is 505 g/mol. The summed E-state index contributed by atoms with van der Waals surface area (Å²) in [6, 6.07) is 10.1. The molecule has 2 aromatic rings. The first-order valence-corrected chi connectivity index (χ1v) is 11.8. The Labute approximate surface area is 210 Å². The Hall–Kier alpha value is -3.18. The van der Waals surface area contributed by atoms with Crippen LogP contribution in [0.2, 0.25) is 0 Å². The number of ether oxygens (including phenoxy) is 8. The molecule has 10 nitrogen and oxygen atoms in total. The first-order valence-electron chi connectivity index (χ1n) is 11.8. The van der Waals surface area contributed by atoms with Crippen molar-refractivity contribution >= 4 is 12.6 Å². The zero-order valence-corrected chi connectivity index (χ0v) is 20.2. The summed E-state index contributed by atoms with van der Waals surface area (Å²) in [5.74, 6) is 1.83. The maximum absolute atomic E-state index is 11.4. The maximum atomic E-state index is 11.4. The van der Waals surface area contributed by atoms with Crippen LogP contribution < -0.4 is 18.9 Å². The van der Waals surface area contributed by atoms with E-state index in [1.54, 1.807) is 36.4 Å². The summed E-state index contributed by atoms with van der Waals surface area (Å²) in [4.78, 5) is 22.5. The molecule has 0 amide bonds. The van der Waals surface area contributed by atoms with Crippen LogP contribution in [0, 0.1) is 0 Å². The molecule has 0 radical (unpaired) electrons. The van der Waals surface area contributed by atoms with Crippen molar-refractivity contribution in [3.63, 3.8) is 0 Å². The fourth-order valence-electron chi connectivity index (χ4n) is 3.20. The number of benzene rings is 2. The second-order valence-corrected chi connectivity index (χ2v) is 7.46. The monoisotopic (exact) mass is 504 g/mol. The minimum atomic E-state index is 0.244. The largest absolute Gasteiger partial charge is 0.487 e. The van der Waals surface area contributed by atoms with Crippen molar-refractivity contribution in [1.29, 1.82) is 0 Å². The van der Waals surface area contributed by atoms with Crippen molar-refractivity contribution in [2.45, 2.75) is 0 Å². The van der Waals surface area contributed by atoms with E-state index in [2.05, 4.69) is 0 Å². The lowest BCUT2D eigenvalue weighted by atomic mass is 10.2. The zero-order chi connectivity index (χ0) is 25.3. The molecule has 0 bridgehead atoms. The number of hydrogen-bond acceptors (Lipinski definition) is 10. The van der Waals surface area contributed by atoms with E-state index < -0.39 is 0 Å². The topological polar surface area (TPSA) is 108 Å². The molecule has 0 spiro atoms. The summed E-state index contributed by atoms with van der Waals surface area (Å²) in [6.07, 6.45) is 1.48. The number of carbonyl (C=O) groups is 2. The number of rotatable bonds is 2. The van der Waals surface area contributed by atoms with Crippen LogP contribution in [-0.4, -0.2) is 91.9 Å². The number of aldehydes is 2. The van der Waals surface area contributed by atoms with Gasteiger partial charge in [-0.1, -0.05) is 6.07 Å². The molecule has 0 saturated heterocycles. The van der Waals surface area contributed by atoms with E-state index in [-0.39, 0.29) is 19.8 Å². The summed E-state index contributed by atoms with van der Waals surface area (Å²) in [5, 5.41) is 0. The number of fused-ring (bicyclic) bond motifs is 2. The van der Waals surface area contributed by atoms with Gasteiger partial charge >= 0.3 is 0 Å². The lowest BCUT2D eigenvalue weighted by Crippen LogP contribution is -2.16. The molecule has 0 aromatic heterocycles. The number of para-hydroxylation sites is 1. The second-order valence-electron chi connectivity index (χ2n) is 7.46. The summed E-state index contributed by atoms with van der Waals surface area (Å²) in [6.45, 7) is 3.99. The third kappa shape index (κ3) is 9.46. The molecule has 1 aliphatic heterocycles. The van der Waals surface area contributed by atoms with Crippen molar-refractivity contribution < 1.29 is 47.5 Å². The highest BCUT2D eigenvalue weighted by Crippen LogP contribution is 2.30. The SMILES string of the molecule is O=Cc1ccc2c(c1)OCCOCCOCCOc1c(C=O)cccc1OCCOCCOCCO2. The van der Waals surface area contributed by atoms with Crippen molar-refractivity contribution in [2.75, 3.05) is 79.3 Å². The maximum Gasteiger partial charge on any atom is 0.171 e. The molecule has 1 aliphatic rings. The van der Waals surface area contributed by atoms with Gasteiger partial charge in [-0.2, -0.15) is 0 Å². The van der Waals surface area contributed by atoms with Crippen LogP contribution in [0.25, 0.3) is 0 Å². The molecule has 0 unspecified atom stereocenters. The third-order valence-electron chi connectivity index (χ3n) is 4.91. The first kappa shape index (κ1) is 27.4. The quantitative estimate of drug-likeness (QED) is 0.567. The standard InChI is InChI=1S/C26H32O10/c27-19-21-4-5-23-25(18-21)35-16-12-31-8-9-32-13-17-36-26-22(20-28)2-1-3-24(26)34-15-11-30-7-6-29-10-14-33-23/h1-5,18-20H,6-17H2. The van der Waals surface area contributed by atoms with Gasteiger partial charge in [0, 0.05) is 5.56 Å². The van der Waals surface area contributed by atoms with E-state index >= 15 is 0 Å². The van der Waals surface area contributed by atoms with Gasteiger partial charge < -0.3 is 37.9 Å². The Morgan fingerprint density at radius 1 is 0.500 bits per heavy atom. The Morgan fingerprint density at radius 2 is 1.03 bits per heavy atom. The van der Waals surface area contributed by atoms with Crippen LogP contribution >= 0.6 is 0 Å². The van der Waals surface area contributed by atoms with E-state index in [1.165, 1.54) is 0 Å². The Balaban J connectivity index is 1.52. The van der Waals surface area contributed by atoms with Gasteiger partial charge in [-0.25, -0.2) is 0 Å². The fourth-order valence-corrected chi connectivity index (χ4v) is 3.20. The summed E-state index contributed by atoms with van der Waals surface area (Å²) < 4.78 is 45.2. The van der Waals surface area contributed by atoms with Gasteiger partial charge in [-0.05, 0) is 30.3 Å². The molecule has 0 saturated carbocycles. The molecule has 2 aromatic carbocycles. The average Bonchev–Trinajstić information content (AvgIpc) is 2.91. The van der Waals surface area contributed by atoms with E-state index in [0.717, 1.165) is 12.6 Å². The van der Waals surface area contributed by atoms with Crippen molar-refractivity contribution in [3.05, 3.63) is 47.5 Å². The zero-order valence-electron chi connectivity index (χ0n) is 20.2. The molecule has 196 valence electrons. The number of hydrogen-bond donors (Lipinski definition) is 0. The molecular formula is C26H32O10. The highest BCUT2D eigenvalue weighted by molar-refractivity contribution is 5.81. The van der Waals surface area contributed by atoms with E-state index in [9.17, 15) is 9.59 Å². The molecule has 0 N–H and O–H groups in total. The Kier molecular flexibility index (Phi) is 12.6. The summed E-state index contributed by atoms with van der Waals surface area (Å²) >= 11 is 0. The predicted molar refractivity (Wildman–Crippen MR) is 129 cm³/mol. The fraction of sp³-hybridized carbons (Fsp3) is 0.462. The molecule has 0 fully saturated rings. The molecule has 10 heteroatoms. The second kappa shape index (κ2) is 16.5. The van der Waals surface area contributed by atoms with Crippen LogP contribution in [0.15, 0.2) is 36.4 Å². The van der Waals surface area contributed by atoms with E-state index in [4.69, 9.17) is 37.9 Å². The van der Waals surface area contributed by atoms with Crippen LogP contribution in [0.4, 0.5) is 0 Å². The molecule has 0 atom stereocenters. The molecule has 3 rings (SSSR count). The van der Waals surface area contributed by atoms with Gasteiger partial charge in [-0.15, -0.1) is 0 Å². The van der Waals surface area contributed by atoms with Crippen LogP contribution in [0.1, 0.15) is 20.7 Å². The minimum absolute atomic E-state index is 0.244. The lowest BCUT2D eigenvalue weighted by Gasteiger charge is -2.15. The third-order valence-corrected chi connectivity index (χ3v) is 4.91. The van der Waals surface area contributed by atoms with Gasteiger partial charge in [0.2, 0.25) is 0 Å². The highest BCUT2D eigenvalue weighted by atomic mass is 16.6. The van der Waals surface area contributed by atoms with Gasteiger partial charge in [-0.3, -0.25) is 9.59 Å². The van der Waals surface area contributed by atoms with Gasteiger partial charge in [0.25, 0.3) is 0 Å². The molecule has 1 heterocycles. The normalized spacial score (nSPS) is 17.3. The first-order chi connectivity index (χ1) is 17.8. The van der Waals surface area contributed by atoms with E-state index in [1.807, 2.05) is 0 Å². The van der Waals surface area contributed by atoms with Gasteiger partial charge in [0.05, 0.1) is 58.4 Å². The smallest absolute Gasteiger partial charge is 0.171 e. The lowest BCUT2D eigenvalue weighted by molar-refractivity contribution is 0.0223. The Bertz CT molecular complexity index is 933. The Morgan fingerprint density at radius 3 is 1.61 bits per heavy atom. The minimum Gasteiger partial charge on any atom is -0.487 e. The summed E-state index contributed by atoms with van der Waals surface area (Å²) in [5.41, 5.74) is 0.887. The van der Waals surface area contributed by atoms with Crippen molar-refractivity contribution in [3.8, 4) is 23.0 Å².